The molecule has 0 spiro atoms. The molecule has 31 heavy (non-hydrogen) atoms. The summed E-state index contributed by atoms with van der Waals surface area (Å²) in [5, 5.41) is 4.85. The monoisotopic (exact) mass is 463 g/mol. The number of nitrogens with zero attached hydrogens (tertiary/aromatic N) is 2. The highest BCUT2D eigenvalue weighted by molar-refractivity contribution is 6.36. The zero-order valence-electron chi connectivity index (χ0n) is 17.2. The molecule has 1 fully saturated rings. The zero-order valence-corrected chi connectivity index (χ0v) is 18.7. The molecule has 7 nitrogen and oxygen atoms in total. The fourth-order valence-electron chi connectivity index (χ4n) is 3.45. The van der Waals surface area contributed by atoms with Gasteiger partial charge in [0.1, 0.15) is 0 Å². The largest absolute Gasteiger partial charge is 0.493 e. The van der Waals surface area contributed by atoms with Gasteiger partial charge in [-0.05, 0) is 43.2 Å². The minimum atomic E-state index is -0.228. The maximum absolute atomic E-state index is 12.7. The Balaban J connectivity index is 1.55. The molecule has 164 valence electrons. The molecule has 0 unspecified atom stereocenters. The van der Waals surface area contributed by atoms with E-state index in [1.54, 1.807) is 43.4 Å². The molecule has 1 aliphatic heterocycles. The minimum absolute atomic E-state index is 0.163. The Labute approximate surface area is 190 Å². The van der Waals surface area contributed by atoms with Crippen molar-refractivity contribution >= 4 is 41.2 Å². The first-order valence-corrected chi connectivity index (χ1v) is 10.5. The van der Waals surface area contributed by atoms with Crippen LogP contribution < -0.4 is 14.9 Å². The summed E-state index contributed by atoms with van der Waals surface area (Å²) in [4.78, 5) is 26.9. The molecule has 1 heterocycles. The highest BCUT2D eigenvalue weighted by atomic mass is 35.5. The molecule has 1 N–H and O–H groups in total. The summed E-state index contributed by atoms with van der Waals surface area (Å²) < 4.78 is 10.6. The molecule has 2 aromatic rings. The second-order valence-corrected chi connectivity index (χ2v) is 7.85. The molecule has 0 atom stereocenters. The van der Waals surface area contributed by atoms with Gasteiger partial charge in [-0.1, -0.05) is 29.3 Å². The van der Waals surface area contributed by atoms with Crippen LogP contribution in [-0.2, 0) is 4.79 Å². The highest BCUT2D eigenvalue weighted by Crippen LogP contribution is 2.29. The number of benzene rings is 2. The molecule has 0 radical (unpaired) electrons. The van der Waals surface area contributed by atoms with Gasteiger partial charge in [-0.2, -0.15) is 5.10 Å². The number of ether oxygens (including phenoxy) is 2. The second kappa shape index (κ2) is 10.5. The first-order valence-electron chi connectivity index (χ1n) is 9.72. The van der Waals surface area contributed by atoms with Crippen molar-refractivity contribution in [3.63, 3.8) is 0 Å². The van der Waals surface area contributed by atoms with Crippen molar-refractivity contribution in [2.75, 3.05) is 27.3 Å². The number of methoxy groups -OCH3 is 2. The van der Waals surface area contributed by atoms with E-state index in [9.17, 15) is 9.59 Å². The van der Waals surface area contributed by atoms with E-state index in [2.05, 4.69) is 10.5 Å². The van der Waals surface area contributed by atoms with Crippen LogP contribution in [0.2, 0.25) is 10.0 Å². The average molecular weight is 464 g/mol. The Kier molecular flexibility index (Phi) is 7.76. The van der Waals surface area contributed by atoms with Crippen LogP contribution in [0.5, 0.6) is 11.5 Å². The van der Waals surface area contributed by atoms with Gasteiger partial charge in [-0.3, -0.25) is 9.59 Å². The standard InChI is InChI=1S/C22H23Cl2N3O4/c1-30-19-5-3-4-15(20(19)31-2)13-25-26-21(28)14-8-10-27(11-9-14)22(29)17-7-6-16(23)12-18(17)24/h3-7,12-14H,8-11H2,1-2H3,(H,26,28)/b25-13-. The molecule has 1 aliphatic rings. The van der Waals surface area contributed by atoms with E-state index in [4.69, 9.17) is 32.7 Å². The summed E-state index contributed by atoms with van der Waals surface area (Å²) in [7, 11) is 3.10. The van der Waals surface area contributed by atoms with Crippen LogP contribution in [0.3, 0.4) is 0 Å². The average Bonchev–Trinajstić information content (AvgIpc) is 2.78. The van der Waals surface area contributed by atoms with E-state index < -0.39 is 0 Å². The number of rotatable bonds is 6. The lowest BCUT2D eigenvalue weighted by Crippen LogP contribution is -2.42. The van der Waals surface area contributed by atoms with Gasteiger partial charge in [-0.25, -0.2) is 5.43 Å². The molecule has 0 bridgehead atoms. The molecule has 2 aromatic carbocycles. The van der Waals surface area contributed by atoms with Gasteiger partial charge >= 0.3 is 0 Å². The van der Waals surface area contributed by atoms with Gasteiger partial charge in [0.2, 0.25) is 5.91 Å². The topological polar surface area (TPSA) is 80.2 Å². The summed E-state index contributed by atoms with van der Waals surface area (Å²) in [6.07, 6.45) is 2.60. The Morgan fingerprint density at radius 3 is 2.52 bits per heavy atom. The lowest BCUT2D eigenvalue weighted by Gasteiger charge is -2.31. The number of para-hydroxylation sites is 1. The molecular formula is C22H23Cl2N3O4. The van der Waals surface area contributed by atoms with Crippen molar-refractivity contribution < 1.29 is 19.1 Å². The summed E-state index contributed by atoms with van der Waals surface area (Å²) in [5.74, 6) is 0.541. The van der Waals surface area contributed by atoms with Crippen LogP contribution in [0.1, 0.15) is 28.8 Å². The van der Waals surface area contributed by atoms with Crippen LogP contribution in [-0.4, -0.2) is 50.2 Å². The van der Waals surface area contributed by atoms with E-state index in [-0.39, 0.29) is 17.7 Å². The Morgan fingerprint density at radius 1 is 1.13 bits per heavy atom. The number of hydrogen-bond donors (Lipinski definition) is 1. The van der Waals surface area contributed by atoms with Crippen molar-refractivity contribution in [3.8, 4) is 11.5 Å². The smallest absolute Gasteiger partial charge is 0.255 e. The maximum atomic E-state index is 12.7. The molecule has 2 amide bonds. The van der Waals surface area contributed by atoms with Gasteiger partial charge in [-0.15, -0.1) is 0 Å². The van der Waals surface area contributed by atoms with Gasteiger partial charge in [0, 0.05) is 29.6 Å². The number of amides is 2. The lowest BCUT2D eigenvalue weighted by molar-refractivity contribution is -0.126. The van der Waals surface area contributed by atoms with Crippen LogP contribution >= 0.6 is 23.2 Å². The number of hydrogen-bond acceptors (Lipinski definition) is 5. The molecule has 3 rings (SSSR count). The molecule has 0 aromatic heterocycles. The third-order valence-corrected chi connectivity index (χ3v) is 5.67. The fraction of sp³-hybridized carbons (Fsp3) is 0.318. The second-order valence-electron chi connectivity index (χ2n) is 7.01. The van der Waals surface area contributed by atoms with Crippen LogP contribution in [0.4, 0.5) is 0 Å². The van der Waals surface area contributed by atoms with Crippen molar-refractivity contribution in [2.45, 2.75) is 12.8 Å². The predicted octanol–water partition coefficient (Wildman–Crippen LogP) is 4.01. The third kappa shape index (κ3) is 5.48. The number of carbonyl (C=O) groups is 2. The lowest BCUT2D eigenvalue weighted by atomic mass is 9.95. The van der Waals surface area contributed by atoms with Crippen LogP contribution in [0, 0.1) is 5.92 Å². The number of nitrogens with one attached hydrogen (secondary N) is 1. The molecule has 0 aliphatic carbocycles. The number of carbonyl (C=O) groups excluding carboxylic acids is 2. The third-order valence-electron chi connectivity index (χ3n) is 5.13. The highest BCUT2D eigenvalue weighted by Gasteiger charge is 2.28. The maximum Gasteiger partial charge on any atom is 0.255 e. The molecular weight excluding hydrogens is 441 g/mol. The summed E-state index contributed by atoms with van der Waals surface area (Å²) in [6, 6.07) is 10.2. The van der Waals surface area contributed by atoms with Gasteiger partial charge < -0.3 is 14.4 Å². The van der Waals surface area contributed by atoms with E-state index >= 15 is 0 Å². The van der Waals surface area contributed by atoms with Gasteiger partial charge in [0.15, 0.2) is 11.5 Å². The quantitative estimate of drug-likeness (QED) is 0.518. The first kappa shape index (κ1) is 22.9. The summed E-state index contributed by atoms with van der Waals surface area (Å²) in [5.41, 5.74) is 3.67. The fourth-order valence-corrected chi connectivity index (χ4v) is 3.94. The minimum Gasteiger partial charge on any atom is -0.493 e. The Morgan fingerprint density at radius 2 is 1.87 bits per heavy atom. The predicted molar refractivity (Wildman–Crippen MR) is 120 cm³/mol. The first-order chi connectivity index (χ1) is 14.9. The SMILES string of the molecule is COc1cccc(/C=N\NC(=O)C2CCN(C(=O)c3ccc(Cl)cc3Cl)CC2)c1OC. The number of halogens is 2. The van der Waals surface area contributed by atoms with Crippen molar-refractivity contribution in [2.24, 2.45) is 11.0 Å². The van der Waals surface area contributed by atoms with Crippen molar-refractivity contribution in [1.82, 2.24) is 10.3 Å². The van der Waals surface area contributed by atoms with Crippen LogP contribution in [0.25, 0.3) is 0 Å². The summed E-state index contributed by atoms with van der Waals surface area (Å²) >= 11 is 12.0. The number of likely N-dealkylation sites (tertiary alicyclic amines) is 1. The van der Waals surface area contributed by atoms with Gasteiger partial charge in [0.05, 0.1) is 31.0 Å². The van der Waals surface area contributed by atoms with E-state index in [0.29, 0.717) is 58.6 Å². The molecule has 0 saturated carbocycles. The Hall–Kier alpha value is -2.77. The normalized spacial score (nSPS) is 14.5. The Bertz CT molecular complexity index is 989. The summed E-state index contributed by atoms with van der Waals surface area (Å²) in [6.45, 7) is 0.923. The van der Waals surface area contributed by atoms with E-state index in [0.717, 1.165) is 0 Å². The van der Waals surface area contributed by atoms with E-state index in [1.165, 1.54) is 6.21 Å². The molecule has 9 heteroatoms. The zero-order chi connectivity index (χ0) is 22.4. The van der Waals surface area contributed by atoms with Crippen LogP contribution in [0.15, 0.2) is 41.5 Å². The number of hydrazone groups is 1. The van der Waals surface area contributed by atoms with Gasteiger partial charge in [0.25, 0.3) is 5.91 Å². The van der Waals surface area contributed by atoms with E-state index in [1.807, 2.05) is 12.1 Å². The molecule has 1 saturated heterocycles. The van der Waals surface area contributed by atoms with Crippen molar-refractivity contribution in [1.29, 1.82) is 0 Å². The number of piperidine rings is 1. The van der Waals surface area contributed by atoms with Crippen molar-refractivity contribution in [3.05, 3.63) is 57.6 Å².